The van der Waals surface area contributed by atoms with E-state index in [1.807, 2.05) is 0 Å². The number of methoxy groups -OCH3 is 1. The van der Waals surface area contributed by atoms with Gasteiger partial charge >= 0.3 is 0 Å². The number of rotatable bonds is 6. The number of sulfone groups is 1. The number of aromatic nitrogens is 1. The molecule has 0 radical (unpaired) electrons. The third kappa shape index (κ3) is 4.42. The second kappa shape index (κ2) is 5.92. The Bertz CT molecular complexity index is 528. The van der Waals surface area contributed by atoms with Crippen LogP contribution in [0.3, 0.4) is 0 Å². The Balaban J connectivity index is 2.74. The second-order valence-corrected chi connectivity index (χ2v) is 6.26. The molecule has 18 heavy (non-hydrogen) atoms. The molecule has 1 rings (SSSR count). The largest absolute Gasteiger partial charge is 0.495 e. The van der Waals surface area contributed by atoms with Gasteiger partial charge < -0.3 is 10.5 Å². The minimum atomic E-state index is -3.12. The molecule has 1 aromatic heterocycles. The first-order valence-corrected chi connectivity index (χ1v) is 7.36. The van der Waals surface area contributed by atoms with Gasteiger partial charge in [-0.25, -0.2) is 8.42 Å². The predicted molar refractivity (Wildman–Crippen MR) is 67.4 cm³/mol. The van der Waals surface area contributed by atoms with Crippen LogP contribution in [0.2, 0.25) is 0 Å². The summed E-state index contributed by atoms with van der Waals surface area (Å²) in [7, 11) is -1.65. The van der Waals surface area contributed by atoms with E-state index in [1.54, 1.807) is 0 Å². The Morgan fingerprint density at radius 3 is 2.72 bits per heavy atom. The highest BCUT2D eigenvalue weighted by molar-refractivity contribution is 7.90. The lowest BCUT2D eigenvalue weighted by Crippen LogP contribution is -2.32. The van der Waals surface area contributed by atoms with Crippen molar-refractivity contribution in [3.05, 3.63) is 24.0 Å². The monoisotopic (exact) mass is 272 g/mol. The zero-order valence-corrected chi connectivity index (χ0v) is 11.1. The fourth-order valence-corrected chi connectivity index (χ4v) is 2.03. The van der Waals surface area contributed by atoms with Crippen LogP contribution in [0.4, 0.5) is 0 Å². The van der Waals surface area contributed by atoms with Crippen molar-refractivity contribution in [2.45, 2.75) is 12.5 Å². The third-order valence-electron chi connectivity index (χ3n) is 2.37. The van der Waals surface area contributed by atoms with E-state index in [-0.39, 0.29) is 18.0 Å². The molecule has 100 valence electrons. The van der Waals surface area contributed by atoms with E-state index in [0.29, 0.717) is 11.3 Å². The van der Waals surface area contributed by atoms with Gasteiger partial charge in [0.05, 0.1) is 25.1 Å². The van der Waals surface area contributed by atoms with Crippen LogP contribution in [0.25, 0.3) is 0 Å². The van der Waals surface area contributed by atoms with Crippen molar-refractivity contribution in [3.8, 4) is 5.75 Å². The summed E-state index contributed by atoms with van der Waals surface area (Å²) >= 11 is 0. The molecule has 1 heterocycles. The standard InChI is InChI=1S/C11H16N2O4S/c1-17-9-5-8(6-13-7-9)11(14)10(12)3-4-18(2,15)16/h5-7,10H,3-4,12H2,1-2H3. The Morgan fingerprint density at radius 1 is 1.50 bits per heavy atom. The van der Waals surface area contributed by atoms with Gasteiger partial charge in [-0.1, -0.05) is 0 Å². The number of nitrogens with two attached hydrogens (primary N) is 1. The van der Waals surface area contributed by atoms with Gasteiger partial charge in [-0.05, 0) is 12.5 Å². The molecule has 0 amide bonds. The highest BCUT2D eigenvalue weighted by Gasteiger charge is 2.18. The van der Waals surface area contributed by atoms with Crippen LogP contribution >= 0.6 is 0 Å². The minimum Gasteiger partial charge on any atom is -0.495 e. The Kier molecular flexibility index (Phi) is 4.80. The summed E-state index contributed by atoms with van der Waals surface area (Å²) in [6.07, 6.45) is 4.05. The first kappa shape index (κ1) is 14.6. The van der Waals surface area contributed by atoms with Gasteiger partial charge in [-0.15, -0.1) is 0 Å². The molecule has 0 fully saturated rings. The molecule has 1 atom stereocenters. The molecule has 7 heteroatoms. The number of carbonyl (C=O) groups is 1. The molecule has 1 unspecified atom stereocenters. The van der Waals surface area contributed by atoms with Crippen molar-refractivity contribution in [3.63, 3.8) is 0 Å². The van der Waals surface area contributed by atoms with E-state index in [9.17, 15) is 13.2 Å². The Labute approximate surface area is 106 Å². The number of Topliss-reactive ketones (excluding diaryl/α,β-unsaturated/α-hetero) is 1. The van der Waals surface area contributed by atoms with Gasteiger partial charge in [0.25, 0.3) is 0 Å². The minimum absolute atomic E-state index is 0.0921. The molecule has 2 N–H and O–H groups in total. The highest BCUT2D eigenvalue weighted by Crippen LogP contribution is 2.12. The summed E-state index contributed by atoms with van der Waals surface area (Å²) in [5, 5.41) is 0. The summed E-state index contributed by atoms with van der Waals surface area (Å²) in [5.41, 5.74) is 5.98. The average molecular weight is 272 g/mol. The zero-order valence-electron chi connectivity index (χ0n) is 10.3. The normalized spacial score (nSPS) is 13.1. The van der Waals surface area contributed by atoms with Crippen LogP contribution in [-0.2, 0) is 9.84 Å². The van der Waals surface area contributed by atoms with Crippen LogP contribution in [0.5, 0.6) is 5.75 Å². The number of nitrogens with zero attached hydrogens (tertiary/aromatic N) is 1. The van der Waals surface area contributed by atoms with Gasteiger partial charge in [0.15, 0.2) is 5.78 Å². The quantitative estimate of drug-likeness (QED) is 0.734. The number of ether oxygens (including phenoxy) is 1. The molecule has 0 aromatic carbocycles. The predicted octanol–water partition coefficient (Wildman–Crippen LogP) is 0.0349. The molecule has 0 saturated carbocycles. The summed E-state index contributed by atoms with van der Waals surface area (Å²) in [6.45, 7) is 0. The SMILES string of the molecule is COc1cncc(C(=O)C(N)CCS(C)(=O)=O)c1. The number of ketones is 1. The van der Waals surface area contributed by atoms with E-state index in [2.05, 4.69) is 4.98 Å². The van der Waals surface area contributed by atoms with Crippen molar-refractivity contribution >= 4 is 15.6 Å². The fourth-order valence-electron chi connectivity index (χ4n) is 1.35. The number of pyridine rings is 1. The average Bonchev–Trinajstić information content (AvgIpc) is 2.34. The molecule has 0 saturated heterocycles. The van der Waals surface area contributed by atoms with Gasteiger partial charge in [0.1, 0.15) is 15.6 Å². The maximum absolute atomic E-state index is 11.9. The lowest BCUT2D eigenvalue weighted by molar-refractivity contribution is 0.0959. The van der Waals surface area contributed by atoms with Crippen LogP contribution < -0.4 is 10.5 Å². The molecule has 6 nitrogen and oxygen atoms in total. The van der Waals surface area contributed by atoms with E-state index < -0.39 is 15.9 Å². The molecule has 0 bridgehead atoms. The van der Waals surface area contributed by atoms with Crippen molar-refractivity contribution in [2.75, 3.05) is 19.1 Å². The summed E-state index contributed by atoms with van der Waals surface area (Å²) < 4.78 is 26.9. The topological polar surface area (TPSA) is 99.3 Å². The number of hydrogen-bond acceptors (Lipinski definition) is 6. The molecule has 0 aliphatic heterocycles. The first-order chi connectivity index (χ1) is 8.33. The smallest absolute Gasteiger partial charge is 0.181 e. The van der Waals surface area contributed by atoms with Crippen molar-refractivity contribution in [1.29, 1.82) is 0 Å². The maximum atomic E-state index is 11.9. The summed E-state index contributed by atoms with van der Waals surface area (Å²) in [5.74, 6) is -0.00155. The fraction of sp³-hybridized carbons (Fsp3) is 0.455. The molecule has 0 aliphatic carbocycles. The van der Waals surface area contributed by atoms with Gasteiger partial charge in [0, 0.05) is 18.0 Å². The number of hydrogen-bond donors (Lipinski definition) is 1. The van der Waals surface area contributed by atoms with Crippen LogP contribution in [-0.4, -0.2) is 44.3 Å². The maximum Gasteiger partial charge on any atom is 0.181 e. The van der Waals surface area contributed by atoms with Crippen molar-refractivity contribution < 1.29 is 17.9 Å². The highest BCUT2D eigenvalue weighted by atomic mass is 32.2. The van der Waals surface area contributed by atoms with Crippen LogP contribution in [0.15, 0.2) is 18.5 Å². The number of carbonyl (C=O) groups excluding carboxylic acids is 1. The Hall–Kier alpha value is -1.47. The second-order valence-electron chi connectivity index (χ2n) is 4.00. The third-order valence-corrected chi connectivity index (χ3v) is 3.35. The van der Waals surface area contributed by atoms with Crippen LogP contribution in [0, 0.1) is 0 Å². The van der Waals surface area contributed by atoms with Crippen molar-refractivity contribution in [2.24, 2.45) is 5.73 Å². The molecule has 0 aliphatic rings. The van der Waals surface area contributed by atoms with Gasteiger partial charge in [-0.3, -0.25) is 9.78 Å². The van der Waals surface area contributed by atoms with E-state index in [1.165, 1.54) is 25.6 Å². The molecule has 1 aromatic rings. The van der Waals surface area contributed by atoms with E-state index in [0.717, 1.165) is 6.26 Å². The molecular weight excluding hydrogens is 256 g/mol. The summed E-state index contributed by atoms with van der Waals surface area (Å²) in [6, 6.07) is 0.670. The first-order valence-electron chi connectivity index (χ1n) is 5.30. The van der Waals surface area contributed by atoms with Gasteiger partial charge in [0.2, 0.25) is 0 Å². The van der Waals surface area contributed by atoms with Crippen LogP contribution in [0.1, 0.15) is 16.8 Å². The van der Waals surface area contributed by atoms with Gasteiger partial charge in [-0.2, -0.15) is 0 Å². The molecule has 0 spiro atoms. The zero-order chi connectivity index (χ0) is 13.8. The molecular formula is C11H16N2O4S. The summed E-state index contributed by atoms with van der Waals surface area (Å²) in [4.78, 5) is 15.8. The van der Waals surface area contributed by atoms with Crippen molar-refractivity contribution in [1.82, 2.24) is 4.98 Å². The van der Waals surface area contributed by atoms with E-state index >= 15 is 0 Å². The van der Waals surface area contributed by atoms with E-state index in [4.69, 9.17) is 10.5 Å². The lowest BCUT2D eigenvalue weighted by Gasteiger charge is -2.10. The lowest BCUT2D eigenvalue weighted by atomic mass is 10.0. The Morgan fingerprint density at radius 2 is 2.17 bits per heavy atom.